The molecule has 1 aromatic heterocycles. The van der Waals surface area contributed by atoms with Crippen molar-refractivity contribution in [2.75, 3.05) is 0 Å². The normalized spacial score (nSPS) is 12.3. The molecule has 0 aliphatic carbocycles. The highest BCUT2D eigenvalue weighted by Gasteiger charge is 2.17. The molecule has 2 rings (SSSR count). The van der Waals surface area contributed by atoms with Crippen molar-refractivity contribution in [3.8, 4) is 0 Å². The smallest absolute Gasteiger partial charge is 0.274 e. The lowest BCUT2D eigenvalue weighted by atomic mass is 10.1. The molecule has 0 aliphatic heterocycles. The maximum atomic E-state index is 12.5. The van der Waals surface area contributed by atoms with Crippen LogP contribution in [0.25, 0.3) is 10.8 Å². The summed E-state index contributed by atoms with van der Waals surface area (Å²) in [5.41, 5.74) is 0.114. The van der Waals surface area contributed by atoms with Gasteiger partial charge in [-0.3, -0.25) is 9.59 Å². The summed E-state index contributed by atoms with van der Waals surface area (Å²) in [5.74, 6) is -0.226. The summed E-state index contributed by atoms with van der Waals surface area (Å²) < 4.78 is 1.22. The first-order chi connectivity index (χ1) is 10.5. The van der Waals surface area contributed by atoms with Crippen LogP contribution in [0.1, 0.15) is 50.0 Å². The molecule has 0 fully saturated rings. The average molecular weight is 301 g/mol. The second kappa shape index (κ2) is 7.20. The molecule has 0 spiro atoms. The topological polar surface area (TPSA) is 64.0 Å². The molecule has 1 heterocycles. The van der Waals surface area contributed by atoms with E-state index in [1.54, 1.807) is 25.2 Å². The maximum absolute atomic E-state index is 12.5. The number of aryl methyl sites for hydroxylation is 1. The summed E-state index contributed by atoms with van der Waals surface area (Å²) in [6.45, 7) is 4.15. The first-order valence-electron chi connectivity index (χ1n) is 7.81. The second-order valence-electron chi connectivity index (χ2n) is 5.69. The van der Waals surface area contributed by atoms with Crippen LogP contribution in [0.15, 0.2) is 29.1 Å². The molecule has 0 unspecified atom stereocenters. The van der Waals surface area contributed by atoms with Gasteiger partial charge in [-0.15, -0.1) is 0 Å². The van der Waals surface area contributed by atoms with Gasteiger partial charge in [0.25, 0.3) is 11.5 Å². The number of aromatic nitrogens is 2. The van der Waals surface area contributed by atoms with Gasteiger partial charge in [0, 0.05) is 18.5 Å². The first kappa shape index (κ1) is 16.2. The Morgan fingerprint density at radius 1 is 1.27 bits per heavy atom. The predicted octanol–water partition coefficient (Wildman–Crippen LogP) is 2.63. The Hall–Kier alpha value is -2.17. The van der Waals surface area contributed by atoms with Gasteiger partial charge in [-0.25, -0.2) is 4.68 Å². The molecule has 1 N–H and O–H groups in total. The lowest BCUT2D eigenvalue weighted by Gasteiger charge is -2.14. The van der Waals surface area contributed by atoms with Crippen molar-refractivity contribution in [1.82, 2.24) is 15.1 Å². The number of hydrogen-bond donors (Lipinski definition) is 1. The molecule has 1 aromatic carbocycles. The molecule has 0 bridgehead atoms. The molecular formula is C17H23N3O2. The summed E-state index contributed by atoms with van der Waals surface area (Å²) in [6, 6.07) is 7.18. The Bertz CT molecular complexity index is 721. The molecule has 0 aliphatic rings. The Morgan fingerprint density at radius 3 is 2.64 bits per heavy atom. The summed E-state index contributed by atoms with van der Waals surface area (Å²) in [6.07, 6.45) is 4.37. The number of nitrogens with zero attached hydrogens (tertiary/aromatic N) is 2. The fourth-order valence-electron chi connectivity index (χ4n) is 2.53. The van der Waals surface area contributed by atoms with Gasteiger partial charge in [0.1, 0.15) is 0 Å². The highest BCUT2D eigenvalue weighted by atomic mass is 16.2. The van der Waals surface area contributed by atoms with Gasteiger partial charge in [-0.1, -0.05) is 44.4 Å². The Balaban J connectivity index is 2.25. The Morgan fingerprint density at radius 2 is 1.95 bits per heavy atom. The highest BCUT2D eigenvalue weighted by molar-refractivity contribution is 6.04. The summed E-state index contributed by atoms with van der Waals surface area (Å²) in [7, 11) is 1.57. The fraction of sp³-hybridized carbons (Fsp3) is 0.471. The minimum atomic E-state index is -0.226. The number of carbonyl (C=O) groups excluding carboxylic acids is 1. The van der Waals surface area contributed by atoms with Gasteiger partial charge >= 0.3 is 0 Å². The number of hydrogen-bond acceptors (Lipinski definition) is 3. The quantitative estimate of drug-likeness (QED) is 0.834. The third-order valence-electron chi connectivity index (χ3n) is 3.79. The van der Waals surface area contributed by atoms with Crippen LogP contribution in [0.2, 0.25) is 0 Å². The first-order valence-corrected chi connectivity index (χ1v) is 7.81. The molecule has 22 heavy (non-hydrogen) atoms. The van der Waals surface area contributed by atoms with Crippen molar-refractivity contribution in [2.24, 2.45) is 7.05 Å². The third-order valence-corrected chi connectivity index (χ3v) is 3.79. The van der Waals surface area contributed by atoms with E-state index in [0.717, 1.165) is 19.3 Å². The van der Waals surface area contributed by atoms with Crippen molar-refractivity contribution in [2.45, 2.75) is 45.6 Å². The van der Waals surface area contributed by atoms with Crippen LogP contribution < -0.4 is 10.9 Å². The van der Waals surface area contributed by atoms with Gasteiger partial charge in [0.2, 0.25) is 0 Å². The van der Waals surface area contributed by atoms with E-state index in [2.05, 4.69) is 17.3 Å². The van der Waals surface area contributed by atoms with Crippen LogP contribution in [0.5, 0.6) is 0 Å². The standard InChI is InChI=1S/C17H23N3O2/c1-4-5-6-9-12(2)18-16(21)15-13-10-7-8-11-14(13)17(22)20(3)19-15/h7-8,10-12H,4-6,9H2,1-3H3,(H,18,21)/t12-/m0/s1. The molecular weight excluding hydrogens is 278 g/mol. The van der Waals surface area contributed by atoms with Gasteiger partial charge in [0.05, 0.1) is 5.39 Å². The lowest BCUT2D eigenvalue weighted by Crippen LogP contribution is -2.35. The minimum absolute atomic E-state index is 0.0943. The molecule has 0 radical (unpaired) electrons. The highest BCUT2D eigenvalue weighted by Crippen LogP contribution is 2.13. The number of rotatable bonds is 6. The zero-order valence-corrected chi connectivity index (χ0v) is 13.4. The largest absolute Gasteiger partial charge is 0.348 e. The minimum Gasteiger partial charge on any atom is -0.348 e. The number of nitrogens with one attached hydrogen (secondary N) is 1. The predicted molar refractivity (Wildman–Crippen MR) is 88.1 cm³/mol. The van der Waals surface area contributed by atoms with Crippen molar-refractivity contribution >= 4 is 16.7 Å². The van der Waals surface area contributed by atoms with Crippen molar-refractivity contribution in [1.29, 1.82) is 0 Å². The Kier molecular flexibility index (Phi) is 5.31. The van der Waals surface area contributed by atoms with Crippen LogP contribution >= 0.6 is 0 Å². The zero-order chi connectivity index (χ0) is 16.1. The van der Waals surface area contributed by atoms with E-state index in [9.17, 15) is 9.59 Å². The monoisotopic (exact) mass is 301 g/mol. The van der Waals surface area contributed by atoms with E-state index in [0.29, 0.717) is 16.5 Å². The SMILES string of the molecule is CCCCC[C@H](C)NC(=O)c1nn(C)c(=O)c2ccccc12. The zero-order valence-electron chi connectivity index (χ0n) is 13.4. The third kappa shape index (κ3) is 3.53. The molecule has 118 valence electrons. The van der Waals surface area contributed by atoms with Gasteiger partial charge in [0.15, 0.2) is 5.69 Å². The summed E-state index contributed by atoms with van der Waals surface area (Å²) in [5, 5.41) is 8.24. The molecule has 0 saturated heterocycles. The molecule has 2 aromatic rings. The van der Waals surface area contributed by atoms with E-state index in [1.165, 1.54) is 11.1 Å². The van der Waals surface area contributed by atoms with Gasteiger partial charge in [-0.05, 0) is 19.4 Å². The van der Waals surface area contributed by atoms with E-state index in [4.69, 9.17) is 0 Å². The average Bonchev–Trinajstić information content (AvgIpc) is 2.51. The molecule has 1 atom stereocenters. The fourth-order valence-corrected chi connectivity index (χ4v) is 2.53. The second-order valence-corrected chi connectivity index (χ2v) is 5.69. The van der Waals surface area contributed by atoms with Gasteiger partial charge in [-0.2, -0.15) is 5.10 Å². The number of fused-ring (bicyclic) bond motifs is 1. The lowest BCUT2D eigenvalue weighted by molar-refractivity contribution is 0.0932. The van der Waals surface area contributed by atoms with Crippen molar-refractivity contribution in [3.63, 3.8) is 0 Å². The van der Waals surface area contributed by atoms with Crippen LogP contribution in [0, 0.1) is 0 Å². The van der Waals surface area contributed by atoms with E-state index < -0.39 is 0 Å². The number of benzene rings is 1. The van der Waals surface area contributed by atoms with Crippen LogP contribution in [-0.2, 0) is 7.05 Å². The van der Waals surface area contributed by atoms with E-state index in [-0.39, 0.29) is 17.5 Å². The number of carbonyl (C=O) groups is 1. The molecule has 5 heteroatoms. The van der Waals surface area contributed by atoms with Crippen LogP contribution in [0.4, 0.5) is 0 Å². The van der Waals surface area contributed by atoms with E-state index in [1.807, 2.05) is 13.0 Å². The summed E-state index contributed by atoms with van der Waals surface area (Å²) in [4.78, 5) is 24.5. The molecule has 0 saturated carbocycles. The number of unbranched alkanes of at least 4 members (excludes halogenated alkanes) is 2. The van der Waals surface area contributed by atoms with E-state index >= 15 is 0 Å². The molecule has 1 amide bonds. The van der Waals surface area contributed by atoms with Crippen LogP contribution in [0.3, 0.4) is 0 Å². The van der Waals surface area contributed by atoms with Gasteiger partial charge < -0.3 is 5.32 Å². The number of amides is 1. The maximum Gasteiger partial charge on any atom is 0.274 e. The summed E-state index contributed by atoms with van der Waals surface area (Å²) >= 11 is 0. The van der Waals surface area contributed by atoms with Crippen molar-refractivity contribution < 1.29 is 4.79 Å². The van der Waals surface area contributed by atoms with Crippen molar-refractivity contribution in [3.05, 3.63) is 40.3 Å². The Labute approximate surface area is 130 Å². The molecule has 5 nitrogen and oxygen atoms in total. The van der Waals surface area contributed by atoms with Crippen LogP contribution in [-0.4, -0.2) is 21.7 Å².